The number of nitrogens with zero attached hydrogens (tertiary/aromatic N) is 1. The SMILES string of the molecule is C=CCNC(=O)CN1C(=O)c2ccccc2[C@@H]1c1c(-c2cccc(OC)c2)[nH]c2ccccc12. The third kappa shape index (κ3) is 3.63. The second-order valence-corrected chi connectivity index (χ2v) is 8.21. The number of para-hydroxylation sites is 1. The molecule has 0 aliphatic carbocycles. The van der Waals surface area contributed by atoms with E-state index in [0.29, 0.717) is 12.1 Å². The molecule has 4 aromatic rings. The molecular formula is C28H25N3O3. The number of hydrogen-bond acceptors (Lipinski definition) is 3. The van der Waals surface area contributed by atoms with Crippen molar-refractivity contribution in [1.29, 1.82) is 0 Å². The average molecular weight is 452 g/mol. The second kappa shape index (κ2) is 8.90. The summed E-state index contributed by atoms with van der Waals surface area (Å²) in [7, 11) is 1.64. The number of rotatable bonds is 7. The van der Waals surface area contributed by atoms with Crippen molar-refractivity contribution in [3.8, 4) is 17.0 Å². The van der Waals surface area contributed by atoms with Crippen molar-refractivity contribution >= 4 is 22.7 Å². The summed E-state index contributed by atoms with van der Waals surface area (Å²) in [6.45, 7) is 3.95. The Labute approximate surface area is 197 Å². The monoisotopic (exact) mass is 451 g/mol. The number of carbonyl (C=O) groups excluding carboxylic acids is 2. The average Bonchev–Trinajstić information content (AvgIpc) is 3.38. The van der Waals surface area contributed by atoms with Crippen LogP contribution in [0.5, 0.6) is 5.75 Å². The van der Waals surface area contributed by atoms with E-state index in [2.05, 4.69) is 16.9 Å². The van der Waals surface area contributed by atoms with Crippen molar-refractivity contribution in [3.05, 3.63) is 102 Å². The van der Waals surface area contributed by atoms with E-state index in [1.165, 1.54) is 0 Å². The van der Waals surface area contributed by atoms with E-state index in [-0.39, 0.29) is 18.4 Å². The van der Waals surface area contributed by atoms with Crippen LogP contribution in [0.4, 0.5) is 0 Å². The summed E-state index contributed by atoms with van der Waals surface area (Å²) in [6, 6.07) is 23.0. The van der Waals surface area contributed by atoms with Crippen LogP contribution in [0, 0.1) is 0 Å². The van der Waals surface area contributed by atoms with Gasteiger partial charge in [-0.25, -0.2) is 0 Å². The summed E-state index contributed by atoms with van der Waals surface area (Å²) >= 11 is 0. The summed E-state index contributed by atoms with van der Waals surface area (Å²) in [5.74, 6) is 0.357. The molecule has 6 heteroatoms. The highest BCUT2D eigenvalue weighted by atomic mass is 16.5. The Bertz CT molecular complexity index is 1410. The maximum Gasteiger partial charge on any atom is 0.255 e. The van der Waals surface area contributed by atoms with E-state index in [4.69, 9.17) is 4.74 Å². The zero-order valence-corrected chi connectivity index (χ0v) is 18.9. The topological polar surface area (TPSA) is 74.4 Å². The van der Waals surface area contributed by atoms with Crippen LogP contribution in [0.3, 0.4) is 0 Å². The first-order chi connectivity index (χ1) is 16.6. The first kappa shape index (κ1) is 21.5. The minimum Gasteiger partial charge on any atom is -0.497 e. The van der Waals surface area contributed by atoms with E-state index in [1.54, 1.807) is 18.1 Å². The summed E-state index contributed by atoms with van der Waals surface area (Å²) in [5, 5.41) is 3.80. The molecule has 1 aliphatic rings. The Kier molecular flexibility index (Phi) is 5.64. The molecule has 34 heavy (non-hydrogen) atoms. The molecule has 0 saturated heterocycles. The molecule has 2 N–H and O–H groups in total. The Balaban J connectivity index is 1.72. The van der Waals surface area contributed by atoms with Gasteiger partial charge in [0.15, 0.2) is 0 Å². The minimum absolute atomic E-state index is 0.0525. The van der Waals surface area contributed by atoms with E-state index in [1.807, 2.05) is 72.8 Å². The van der Waals surface area contributed by atoms with Gasteiger partial charge in [-0.3, -0.25) is 9.59 Å². The highest BCUT2D eigenvalue weighted by Gasteiger charge is 2.40. The van der Waals surface area contributed by atoms with Crippen molar-refractivity contribution in [2.75, 3.05) is 20.2 Å². The van der Waals surface area contributed by atoms with E-state index >= 15 is 0 Å². The summed E-state index contributed by atoms with van der Waals surface area (Å²) in [5.41, 5.74) is 5.26. The fourth-order valence-electron chi connectivity index (χ4n) is 4.70. The highest BCUT2D eigenvalue weighted by molar-refractivity contribution is 6.03. The quantitative estimate of drug-likeness (QED) is 0.400. The largest absolute Gasteiger partial charge is 0.497 e. The van der Waals surface area contributed by atoms with Gasteiger partial charge in [-0.15, -0.1) is 6.58 Å². The molecule has 1 aromatic heterocycles. The lowest BCUT2D eigenvalue weighted by atomic mass is 9.93. The fourth-order valence-corrected chi connectivity index (χ4v) is 4.70. The van der Waals surface area contributed by atoms with Crippen LogP contribution < -0.4 is 10.1 Å². The minimum atomic E-state index is -0.421. The van der Waals surface area contributed by atoms with Crippen LogP contribution in [0.1, 0.15) is 27.5 Å². The van der Waals surface area contributed by atoms with Gasteiger partial charge in [0.2, 0.25) is 5.91 Å². The number of aromatic amines is 1. The van der Waals surface area contributed by atoms with Gasteiger partial charge >= 0.3 is 0 Å². The van der Waals surface area contributed by atoms with E-state index in [0.717, 1.165) is 39.0 Å². The van der Waals surface area contributed by atoms with E-state index in [9.17, 15) is 9.59 Å². The van der Waals surface area contributed by atoms with Gasteiger partial charge < -0.3 is 19.9 Å². The lowest BCUT2D eigenvalue weighted by Gasteiger charge is -2.26. The standard InChI is InChI=1S/C28H25N3O3/c1-3-15-29-24(32)17-31-27(20-11-4-5-12-21(20)28(31)33)25-22-13-6-7-14-23(22)30-26(25)18-9-8-10-19(16-18)34-2/h3-14,16,27,30H,1,15,17H2,2H3,(H,29,32)/t27-/m1/s1. The molecule has 0 fully saturated rings. The van der Waals surface area contributed by atoms with Gasteiger partial charge in [0.05, 0.1) is 18.8 Å². The van der Waals surface area contributed by atoms with Gasteiger partial charge in [-0.1, -0.05) is 54.6 Å². The van der Waals surface area contributed by atoms with E-state index < -0.39 is 6.04 Å². The molecule has 1 aliphatic heterocycles. The zero-order chi connectivity index (χ0) is 23.7. The Morgan fingerprint density at radius 2 is 1.91 bits per heavy atom. The number of ether oxygens (including phenoxy) is 1. The Morgan fingerprint density at radius 3 is 2.74 bits per heavy atom. The first-order valence-corrected chi connectivity index (χ1v) is 11.1. The maximum absolute atomic E-state index is 13.5. The molecule has 1 atom stereocenters. The molecule has 0 unspecified atom stereocenters. The van der Waals surface area contributed by atoms with Crippen LogP contribution in [-0.4, -0.2) is 41.9 Å². The van der Waals surface area contributed by atoms with Crippen molar-refractivity contribution in [3.63, 3.8) is 0 Å². The number of nitrogens with one attached hydrogen (secondary N) is 2. The molecule has 0 bridgehead atoms. The summed E-state index contributed by atoms with van der Waals surface area (Å²) in [6.07, 6.45) is 1.62. The van der Waals surface area contributed by atoms with Crippen LogP contribution in [-0.2, 0) is 4.79 Å². The van der Waals surface area contributed by atoms with Gasteiger partial charge in [0.1, 0.15) is 12.3 Å². The predicted molar refractivity (Wildman–Crippen MR) is 133 cm³/mol. The second-order valence-electron chi connectivity index (χ2n) is 8.21. The zero-order valence-electron chi connectivity index (χ0n) is 18.9. The molecule has 170 valence electrons. The smallest absolute Gasteiger partial charge is 0.255 e. The van der Waals surface area contributed by atoms with Gasteiger partial charge in [0, 0.05) is 34.1 Å². The molecule has 2 heterocycles. The highest BCUT2D eigenvalue weighted by Crippen LogP contribution is 2.45. The number of aromatic nitrogens is 1. The molecule has 3 aromatic carbocycles. The predicted octanol–water partition coefficient (Wildman–Crippen LogP) is 4.69. The summed E-state index contributed by atoms with van der Waals surface area (Å²) < 4.78 is 5.46. The molecular weight excluding hydrogens is 426 g/mol. The molecule has 0 radical (unpaired) electrons. The van der Waals surface area contributed by atoms with Crippen molar-refractivity contribution < 1.29 is 14.3 Å². The van der Waals surface area contributed by atoms with Gasteiger partial charge in [-0.2, -0.15) is 0 Å². The fraction of sp³-hybridized carbons (Fsp3) is 0.143. The van der Waals surface area contributed by atoms with Crippen molar-refractivity contribution in [2.24, 2.45) is 0 Å². The van der Waals surface area contributed by atoms with Crippen LogP contribution in [0.2, 0.25) is 0 Å². The summed E-state index contributed by atoms with van der Waals surface area (Å²) in [4.78, 5) is 31.4. The van der Waals surface area contributed by atoms with Crippen molar-refractivity contribution in [1.82, 2.24) is 15.2 Å². The normalized spacial score (nSPS) is 14.8. The van der Waals surface area contributed by atoms with Crippen LogP contribution in [0.15, 0.2) is 85.5 Å². The third-order valence-electron chi connectivity index (χ3n) is 6.19. The lowest BCUT2D eigenvalue weighted by molar-refractivity contribution is -0.121. The number of fused-ring (bicyclic) bond motifs is 2. The molecule has 0 saturated carbocycles. The first-order valence-electron chi connectivity index (χ1n) is 11.1. The number of carbonyl (C=O) groups is 2. The Hall–Kier alpha value is -4.32. The van der Waals surface area contributed by atoms with Gasteiger partial charge in [0.25, 0.3) is 5.91 Å². The molecule has 2 amide bonds. The third-order valence-corrected chi connectivity index (χ3v) is 6.19. The lowest BCUT2D eigenvalue weighted by Crippen LogP contribution is -2.39. The van der Waals surface area contributed by atoms with Crippen LogP contribution in [0.25, 0.3) is 22.2 Å². The maximum atomic E-state index is 13.5. The number of benzene rings is 3. The number of H-pyrrole nitrogens is 1. The number of hydrogen-bond donors (Lipinski definition) is 2. The molecule has 5 rings (SSSR count). The van der Waals surface area contributed by atoms with Crippen LogP contribution >= 0.6 is 0 Å². The molecule has 6 nitrogen and oxygen atoms in total. The Morgan fingerprint density at radius 1 is 1.12 bits per heavy atom. The number of methoxy groups -OCH3 is 1. The molecule has 0 spiro atoms. The number of amides is 2. The van der Waals surface area contributed by atoms with Crippen molar-refractivity contribution in [2.45, 2.75) is 6.04 Å². The van der Waals surface area contributed by atoms with Gasteiger partial charge in [-0.05, 0) is 29.8 Å².